The van der Waals surface area contributed by atoms with Crippen LogP contribution >= 0.6 is 0 Å². The van der Waals surface area contributed by atoms with Crippen LogP contribution in [0.25, 0.3) is 0 Å². The van der Waals surface area contributed by atoms with Gasteiger partial charge in [0.15, 0.2) is 0 Å². The van der Waals surface area contributed by atoms with E-state index in [2.05, 4.69) is 48.5 Å². The summed E-state index contributed by atoms with van der Waals surface area (Å²) in [7, 11) is 0. The number of nitrogens with zero attached hydrogens (tertiary/aromatic N) is 1. The van der Waals surface area contributed by atoms with Crippen LogP contribution in [-0.2, 0) is 0 Å². The SMILES string of the molecule is CCCC(C)[N+](CC(O)CC)(C(C)CCC)C(C)CCC. The van der Waals surface area contributed by atoms with Crippen LogP contribution in [-0.4, -0.2) is 40.4 Å². The zero-order chi connectivity index (χ0) is 16.5. The van der Waals surface area contributed by atoms with E-state index in [9.17, 15) is 5.11 Å². The van der Waals surface area contributed by atoms with E-state index in [-0.39, 0.29) is 6.10 Å². The van der Waals surface area contributed by atoms with Crippen LogP contribution in [0.1, 0.15) is 93.4 Å². The number of quaternary nitrogens is 1. The molecule has 0 aliphatic carbocycles. The predicted octanol–water partition coefficient (Wildman–Crippen LogP) is 5.14. The van der Waals surface area contributed by atoms with Crippen LogP contribution in [0, 0.1) is 0 Å². The van der Waals surface area contributed by atoms with Crippen LogP contribution < -0.4 is 0 Å². The lowest BCUT2D eigenvalue weighted by molar-refractivity contribution is -0.993. The molecule has 0 amide bonds. The second-order valence-electron chi connectivity index (χ2n) is 7.15. The molecule has 0 fully saturated rings. The summed E-state index contributed by atoms with van der Waals surface area (Å²) in [6.07, 6.45) is 8.21. The lowest BCUT2D eigenvalue weighted by Gasteiger charge is -2.53. The molecule has 0 radical (unpaired) electrons. The normalized spacial score (nSPS) is 20.6. The molecule has 0 aromatic carbocycles. The molecular formula is C19H42NO+. The summed E-state index contributed by atoms with van der Waals surface area (Å²) >= 11 is 0. The minimum Gasteiger partial charge on any atom is -0.387 e. The van der Waals surface area contributed by atoms with Crippen molar-refractivity contribution in [2.75, 3.05) is 6.54 Å². The first-order chi connectivity index (χ1) is 9.90. The van der Waals surface area contributed by atoms with E-state index < -0.39 is 0 Å². The summed E-state index contributed by atoms with van der Waals surface area (Å²) in [5, 5.41) is 10.4. The summed E-state index contributed by atoms with van der Waals surface area (Å²) in [4.78, 5) is 0. The maximum absolute atomic E-state index is 10.4. The maximum Gasteiger partial charge on any atom is 0.106 e. The van der Waals surface area contributed by atoms with Gasteiger partial charge < -0.3 is 9.59 Å². The van der Waals surface area contributed by atoms with E-state index in [0.29, 0.717) is 18.1 Å². The second-order valence-corrected chi connectivity index (χ2v) is 7.15. The molecule has 4 unspecified atom stereocenters. The Bertz CT molecular complexity index is 223. The molecule has 0 rings (SSSR count). The van der Waals surface area contributed by atoms with Gasteiger partial charge in [-0.25, -0.2) is 0 Å². The highest BCUT2D eigenvalue weighted by Gasteiger charge is 2.43. The van der Waals surface area contributed by atoms with Gasteiger partial charge in [0.2, 0.25) is 0 Å². The summed E-state index contributed by atoms with van der Waals surface area (Å²) < 4.78 is 1.12. The summed E-state index contributed by atoms with van der Waals surface area (Å²) in [6, 6.07) is 1.91. The highest BCUT2D eigenvalue weighted by atomic mass is 16.3. The molecule has 2 nitrogen and oxygen atoms in total. The average Bonchev–Trinajstić information content (AvgIpc) is 2.44. The highest BCUT2D eigenvalue weighted by Crippen LogP contribution is 2.32. The molecular weight excluding hydrogens is 258 g/mol. The van der Waals surface area contributed by atoms with Crippen molar-refractivity contribution in [1.29, 1.82) is 0 Å². The first kappa shape index (κ1) is 20.9. The Morgan fingerprint density at radius 3 is 1.29 bits per heavy atom. The molecule has 1 N–H and O–H groups in total. The third-order valence-electron chi connectivity index (χ3n) is 5.58. The Morgan fingerprint density at radius 2 is 1.05 bits per heavy atom. The Balaban J connectivity index is 5.55. The van der Waals surface area contributed by atoms with Crippen molar-refractivity contribution in [2.24, 2.45) is 0 Å². The van der Waals surface area contributed by atoms with E-state index in [0.717, 1.165) is 17.4 Å². The van der Waals surface area contributed by atoms with E-state index in [4.69, 9.17) is 0 Å². The summed E-state index contributed by atoms with van der Waals surface area (Å²) in [6.45, 7) is 17.2. The van der Waals surface area contributed by atoms with Gasteiger partial charge in [0, 0.05) is 0 Å². The molecule has 0 bridgehead atoms. The topological polar surface area (TPSA) is 20.2 Å². The standard InChI is InChI=1S/C19H42NO/c1-8-12-16(5)20(15-19(21)11-4,17(6)13-9-2)18(7)14-10-3/h16-19,21H,8-15H2,1-7H3/q+1. The molecule has 0 saturated heterocycles. The minimum absolute atomic E-state index is 0.164. The van der Waals surface area contributed by atoms with E-state index >= 15 is 0 Å². The molecule has 0 aromatic rings. The quantitative estimate of drug-likeness (QED) is 0.495. The Labute approximate surface area is 134 Å². The van der Waals surface area contributed by atoms with Crippen molar-refractivity contribution in [3.05, 3.63) is 0 Å². The molecule has 0 aliphatic rings. The molecule has 2 heteroatoms. The monoisotopic (exact) mass is 300 g/mol. The third kappa shape index (κ3) is 5.56. The molecule has 21 heavy (non-hydrogen) atoms. The van der Waals surface area contributed by atoms with Crippen LogP contribution in [0.3, 0.4) is 0 Å². The van der Waals surface area contributed by atoms with Gasteiger partial charge in [-0.3, -0.25) is 0 Å². The van der Waals surface area contributed by atoms with Gasteiger partial charge in [-0.1, -0.05) is 47.0 Å². The Morgan fingerprint density at radius 1 is 0.714 bits per heavy atom. The highest BCUT2D eigenvalue weighted by molar-refractivity contribution is 4.70. The van der Waals surface area contributed by atoms with Gasteiger partial charge in [-0.05, 0) is 46.5 Å². The first-order valence-electron chi connectivity index (χ1n) is 9.45. The fraction of sp³-hybridized carbons (Fsp3) is 1.00. The molecule has 0 spiro atoms. The predicted molar refractivity (Wildman–Crippen MR) is 94.5 cm³/mol. The van der Waals surface area contributed by atoms with Gasteiger partial charge >= 0.3 is 0 Å². The molecule has 0 saturated carbocycles. The van der Waals surface area contributed by atoms with Crippen LogP contribution in [0.5, 0.6) is 0 Å². The molecule has 0 aromatic heterocycles. The van der Waals surface area contributed by atoms with E-state index in [1.165, 1.54) is 38.5 Å². The number of hydrogen-bond acceptors (Lipinski definition) is 1. The summed E-state index contributed by atoms with van der Waals surface area (Å²) in [5.74, 6) is 0. The maximum atomic E-state index is 10.4. The lowest BCUT2D eigenvalue weighted by atomic mass is 9.93. The van der Waals surface area contributed by atoms with Crippen LogP contribution in [0.15, 0.2) is 0 Å². The zero-order valence-electron chi connectivity index (χ0n) is 15.9. The number of aliphatic hydroxyl groups is 1. The van der Waals surface area contributed by atoms with Gasteiger partial charge in [0.05, 0.1) is 18.1 Å². The van der Waals surface area contributed by atoms with Gasteiger partial charge in [0.25, 0.3) is 0 Å². The van der Waals surface area contributed by atoms with Crippen molar-refractivity contribution in [2.45, 2.75) is 118 Å². The Hall–Kier alpha value is -0.0800. The minimum atomic E-state index is -0.164. The fourth-order valence-electron chi connectivity index (χ4n) is 4.31. The van der Waals surface area contributed by atoms with Crippen LogP contribution in [0.4, 0.5) is 0 Å². The van der Waals surface area contributed by atoms with Crippen molar-refractivity contribution >= 4 is 0 Å². The number of hydrogen-bond donors (Lipinski definition) is 1. The zero-order valence-corrected chi connectivity index (χ0v) is 15.9. The van der Waals surface area contributed by atoms with Crippen molar-refractivity contribution in [3.63, 3.8) is 0 Å². The first-order valence-corrected chi connectivity index (χ1v) is 9.45. The molecule has 0 aliphatic heterocycles. The van der Waals surface area contributed by atoms with E-state index in [1.807, 2.05) is 0 Å². The van der Waals surface area contributed by atoms with Crippen molar-refractivity contribution in [1.82, 2.24) is 0 Å². The third-order valence-corrected chi connectivity index (χ3v) is 5.58. The van der Waals surface area contributed by atoms with Crippen molar-refractivity contribution < 1.29 is 9.59 Å². The summed E-state index contributed by atoms with van der Waals surface area (Å²) in [5.41, 5.74) is 0. The van der Waals surface area contributed by atoms with Crippen molar-refractivity contribution in [3.8, 4) is 0 Å². The lowest BCUT2D eigenvalue weighted by Crippen LogP contribution is -2.66. The largest absolute Gasteiger partial charge is 0.387 e. The smallest absolute Gasteiger partial charge is 0.106 e. The number of rotatable bonds is 12. The average molecular weight is 301 g/mol. The fourth-order valence-corrected chi connectivity index (χ4v) is 4.31. The number of aliphatic hydroxyl groups excluding tert-OH is 1. The van der Waals surface area contributed by atoms with Gasteiger partial charge in [0.1, 0.15) is 12.6 Å². The van der Waals surface area contributed by atoms with Gasteiger partial charge in [-0.15, -0.1) is 0 Å². The van der Waals surface area contributed by atoms with E-state index in [1.54, 1.807) is 0 Å². The second kappa shape index (κ2) is 10.6. The molecule has 0 heterocycles. The van der Waals surface area contributed by atoms with Crippen LogP contribution in [0.2, 0.25) is 0 Å². The Kier molecular flexibility index (Phi) is 10.6. The molecule has 128 valence electrons. The van der Waals surface area contributed by atoms with Gasteiger partial charge in [-0.2, -0.15) is 0 Å². The molecule has 4 atom stereocenters.